The van der Waals surface area contributed by atoms with Crippen LogP contribution in [0.5, 0.6) is 5.75 Å². The van der Waals surface area contributed by atoms with Gasteiger partial charge in [-0.05, 0) is 94.2 Å². The number of pyridine rings is 1. The molecule has 1 fully saturated rings. The van der Waals surface area contributed by atoms with E-state index in [1.807, 2.05) is 18.7 Å². The number of unbranched alkanes of at least 4 members (excludes halogenated alkanes) is 2. The SMILES string of the molecule is COc1c(F)cc(C(C)(C)OC)cc1[C@@H](C(=O)O)N1CC[C@@H](N(CCCCCc2ccc3c(n2)NCCC3)CC(C)C)C1. The first-order valence-corrected chi connectivity index (χ1v) is 15.9. The van der Waals surface area contributed by atoms with E-state index >= 15 is 4.39 Å². The number of carboxylic acid groups (broad SMARTS) is 1. The Hall–Kier alpha value is -2.75. The minimum Gasteiger partial charge on any atom is -0.493 e. The summed E-state index contributed by atoms with van der Waals surface area (Å²) in [7, 11) is 2.95. The van der Waals surface area contributed by atoms with Gasteiger partial charge in [-0.15, -0.1) is 0 Å². The summed E-state index contributed by atoms with van der Waals surface area (Å²) in [6, 6.07) is 6.74. The number of nitrogens with one attached hydrogen (secondary N) is 1. The average Bonchev–Trinajstić information content (AvgIpc) is 3.45. The monoisotopic (exact) mass is 598 g/mol. The fourth-order valence-electron chi connectivity index (χ4n) is 6.48. The second kappa shape index (κ2) is 14.8. The molecule has 4 rings (SSSR count). The van der Waals surface area contributed by atoms with Crippen LogP contribution in [0.15, 0.2) is 24.3 Å². The summed E-state index contributed by atoms with van der Waals surface area (Å²) in [6.07, 6.45) is 7.43. The third-order valence-electron chi connectivity index (χ3n) is 9.02. The van der Waals surface area contributed by atoms with Crippen LogP contribution in [0.2, 0.25) is 0 Å². The number of anilines is 1. The first kappa shape index (κ1) is 33.1. The van der Waals surface area contributed by atoms with Crippen molar-refractivity contribution in [3.63, 3.8) is 0 Å². The number of carbonyl (C=O) groups is 1. The third kappa shape index (κ3) is 8.25. The molecule has 0 radical (unpaired) electrons. The van der Waals surface area contributed by atoms with Gasteiger partial charge in [-0.3, -0.25) is 14.6 Å². The molecule has 2 N–H and O–H groups in total. The summed E-state index contributed by atoms with van der Waals surface area (Å²) in [5.41, 5.74) is 2.61. The lowest BCUT2D eigenvalue weighted by atomic mass is 9.92. The zero-order valence-electron chi connectivity index (χ0n) is 26.9. The predicted octanol–water partition coefficient (Wildman–Crippen LogP) is 6.04. The second-order valence-corrected chi connectivity index (χ2v) is 13.0. The summed E-state index contributed by atoms with van der Waals surface area (Å²) < 4.78 is 26.2. The molecule has 0 bridgehead atoms. The van der Waals surface area contributed by atoms with Gasteiger partial charge in [0, 0.05) is 50.6 Å². The van der Waals surface area contributed by atoms with Crippen molar-refractivity contribution in [2.24, 2.45) is 5.92 Å². The summed E-state index contributed by atoms with van der Waals surface area (Å²) in [5, 5.41) is 13.8. The van der Waals surface area contributed by atoms with Crippen molar-refractivity contribution < 1.29 is 23.8 Å². The Morgan fingerprint density at radius 2 is 2.02 bits per heavy atom. The molecule has 0 spiro atoms. The number of fused-ring (bicyclic) bond motifs is 1. The van der Waals surface area contributed by atoms with Gasteiger partial charge < -0.3 is 19.9 Å². The molecule has 9 heteroatoms. The lowest BCUT2D eigenvalue weighted by Crippen LogP contribution is -2.42. The van der Waals surface area contributed by atoms with Crippen LogP contribution in [0, 0.1) is 11.7 Å². The van der Waals surface area contributed by atoms with Crippen LogP contribution in [0.1, 0.15) is 88.2 Å². The Balaban J connectivity index is 1.40. The largest absolute Gasteiger partial charge is 0.493 e. The number of rotatable bonds is 15. The third-order valence-corrected chi connectivity index (χ3v) is 9.02. The van der Waals surface area contributed by atoms with Crippen LogP contribution in [0.4, 0.5) is 10.2 Å². The van der Waals surface area contributed by atoms with Gasteiger partial charge in [0.05, 0.1) is 12.7 Å². The number of carboxylic acids is 1. The van der Waals surface area contributed by atoms with E-state index in [2.05, 4.69) is 36.2 Å². The number of aliphatic carboxylic acids is 1. The number of hydrogen-bond donors (Lipinski definition) is 2. The van der Waals surface area contributed by atoms with Crippen molar-refractivity contribution in [3.05, 3.63) is 52.5 Å². The molecule has 1 aromatic carbocycles. The molecule has 2 aliphatic rings. The Bertz CT molecular complexity index is 1240. The van der Waals surface area contributed by atoms with Crippen molar-refractivity contribution in [2.75, 3.05) is 52.3 Å². The lowest BCUT2D eigenvalue weighted by molar-refractivity contribution is -0.143. The highest BCUT2D eigenvalue weighted by Gasteiger charge is 2.39. The van der Waals surface area contributed by atoms with Crippen LogP contribution >= 0.6 is 0 Å². The zero-order valence-corrected chi connectivity index (χ0v) is 26.9. The topological polar surface area (TPSA) is 87.2 Å². The summed E-state index contributed by atoms with van der Waals surface area (Å²) in [4.78, 5) is 22.1. The van der Waals surface area contributed by atoms with Gasteiger partial charge in [-0.25, -0.2) is 9.37 Å². The smallest absolute Gasteiger partial charge is 0.325 e. The van der Waals surface area contributed by atoms with Crippen molar-refractivity contribution in [1.29, 1.82) is 0 Å². The number of halogens is 1. The van der Waals surface area contributed by atoms with Crippen molar-refractivity contribution in [2.45, 2.75) is 90.3 Å². The summed E-state index contributed by atoms with van der Waals surface area (Å²) >= 11 is 0. The number of benzene rings is 1. The number of hydrogen-bond acceptors (Lipinski definition) is 7. The molecule has 8 nitrogen and oxygen atoms in total. The number of aromatic nitrogens is 1. The molecule has 0 aliphatic carbocycles. The number of ether oxygens (including phenoxy) is 2. The Morgan fingerprint density at radius 3 is 2.72 bits per heavy atom. The number of aryl methyl sites for hydroxylation is 2. The Labute approximate surface area is 257 Å². The van der Waals surface area contributed by atoms with Crippen LogP contribution in [-0.2, 0) is 28.0 Å². The van der Waals surface area contributed by atoms with E-state index in [9.17, 15) is 9.90 Å². The lowest BCUT2D eigenvalue weighted by Gasteiger charge is -2.32. The molecule has 0 saturated carbocycles. The Kier molecular flexibility index (Phi) is 11.4. The van der Waals surface area contributed by atoms with Crippen molar-refractivity contribution in [1.82, 2.24) is 14.8 Å². The maximum atomic E-state index is 15.2. The first-order chi connectivity index (χ1) is 20.5. The summed E-state index contributed by atoms with van der Waals surface area (Å²) in [6.45, 7) is 12.3. The molecule has 0 unspecified atom stereocenters. The highest BCUT2D eigenvalue weighted by atomic mass is 19.1. The van der Waals surface area contributed by atoms with Crippen LogP contribution in [-0.4, -0.2) is 78.8 Å². The second-order valence-electron chi connectivity index (χ2n) is 13.0. The molecule has 3 heterocycles. The average molecular weight is 599 g/mol. The standard InChI is InChI=1S/C34H51FN4O4/c1-23(2)21-38(17-9-7-8-12-26-14-13-24-11-10-16-36-32(24)37-26)27-15-18-39(22-27)30(33(40)41)28-19-25(34(3,4)43-6)20-29(35)31(28)42-5/h13-14,19-20,23,27,30H,7-12,15-18,21-22H2,1-6H3,(H,36,37)(H,40,41)/t27-,30+/m1/s1. The fourth-order valence-corrected chi connectivity index (χ4v) is 6.48. The number of nitrogens with zero attached hydrogens (tertiary/aromatic N) is 3. The van der Waals surface area contributed by atoms with Gasteiger partial charge >= 0.3 is 5.97 Å². The number of methoxy groups -OCH3 is 2. The molecule has 2 aromatic rings. The molecule has 0 amide bonds. The maximum Gasteiger partial charge on any atom is 0.325 e. The Morgan fingerprint density at radius 1 is 1.23 bits per heavy atom. The van der Waals surface area contributed by atoms with Crippen molar-refractivity contribution >= 4 is 11.8 Å². The van der Waals surface area contributed by atoms with E-state index in [1.54, 1.807) is 13.2 Å². The normalized spacial score (nSPS) is 18.1. The molecule has 1 saturated heterocycles. The predicted molar refractivity (Wildman–Crippen MR) is 168 cm³/mol. The quantitative estimate of drug-likeness (QED) is 0.240. The zero-order chi connectivity index (χ0) is 31.1. The molecular formula is C34H51FN4O4. The molecular weight excluding hydrogens is 547 g/mol. The van der Waals surface area contributed by atoms with Gasteiger partial charge in [0.25, 0.3) is 0 Å². The number of likely N-dealkylation sites (tertiary alicyclic amines) is 1. The van der Waals surface area contributed by atoms with Gasteiger partial charge in [0.1, 0.15) is 11.9 Å². The minimum atomic E-state index is -1.01. The molecule has 43 heavy (non-hydrogen) atoms. The van der Waals surface area contributed by atoms with E-state index in [-0.39, 0.29) is 11.8 Å². The van der Waals surface area contributed by atoms with E-state index in [4.69, 9.17) is 14.5 Å². The van der Waals surface area contributed by atoms with Gasteiger partial charge in [0.2, 0.25) is 0 Å². The van der Waals surface area contributed by atoms with Gasteiger partial charge in [-0.2, -0.15) is 0 Å². The van der Waals surface area contributed by atoms with Crippen LogP contribution in [0.3, 0.4) is 0 Å². The summed E-state index contributed by atoms with van der Waals surface area (Å²) in [5.74, 6) is -0.0438. The minimum absolute atomic E-state index is 0.0188. The van der Waals surface area contributed by atoms with Gasteiger partial charge in [-0.1, -0.05) is 26.3 Å². The molecule has 1 aromatic heterocycles. The molecule has 2 atom stereocenters. The highest BCUT2D eigenvalue weighted by molar-refractivity contribution is 5.77. The highest BCUT2D eigenvalue weighted by Crippen LogP contribution is 2.38. The molecule has 238 valence electrons. The van der Waals surface area contributed by atoms with Crippen LogP contribution in [0.25, 0.3) is 0 Å². The van der Waals surface area contributed by atoms with E-state index < -0.39 is 23.4 Å². The fraction of sp³-hybridized carbons (Fsp3) is 0.647. The van der Waals surface area contributed by atoms with E-state index in [1.165, 1.54) is 25.2 Å². The van der Waals surface area contributed by atoms with E-state index in [0.717, 1.165) is 69.7 Å². The molecule has 2 aliphatic heterocycles. The van der Waals surface area contributed by atoms with Gasteiger partial charge in [0.15, 0.2) is 11.6 Å². The first-order valence-electron chi connectivity index (χ1n) is 15.9. The van der Waals surface area contributed by atoms with Crippen molar-refractivity contribution in [3.8, 4) is 5.75 Å². The van der Waals surface area contributed by atoms with E-state index in [0.29, 0.717) is 30.1 Å². The maximum absolute atomic E-state index is 15.2. The van der Waals surface area contributed by atoms with Crippen LogP contribution < -0.4 is 10.1 Å².